The van der Waals surface area contributed by atoms with Gasteiger partial charge in [-0.25, -0.2) is 9.66 Å². The van der Waals surface area contributed by atoms with Crippen LogP contribution in [-0.2, 0) is 0 Å². The summed E-state index contributed by atoms with van der Waals surface area (Å²) in [6.45, 7) is 0. The van der Waals surface area contributed by atoms with E-state index in [1.165, 1.54) is 23.3 Å². The number of aromatic nitrogens is 4. The molecule has 0 bridgehead atoms. The molecule has 2 aromatic heterocycles. The third-order valence-corrected chi connectivity index (χ3v) is 1.46. The minimum atomic E-state index is -0.176. The third kappa shape index (κ3) is 1.56. The van der Waals surface area contributed by atoms with Gasteiger partial charge in [-0.3, -0.25) is 15.3 Å². The van der Waals surface area contributed by atoms with Crippen LogP contribution < -0.4 is 11.0 Å². The molecule has 0 aliphatic carbocycles. The van der Waals surface area contributed by atoms with Crippen LogP contribution in [0.4, 0.5) is 5.82 Å². The summed E-state index contributed by atoms with van der Waals surface area (Å²) in [7, 11) is 0. The molecule has 0 amide bonds. The minimum absolute atomic E-state index is 0.176. The van der Waals surface area contributed by atoms with Gasteiger partial charge in [0.15, 0.2) is 0 Å². The Morgan fingerprint density at radius 3 is 3.00 bits per heavy atom. The first kappa shape index (κ1) is 7.53. The molecule has 2 heterocycles. The maximum atomic E-state index is 11.2. The summed E-state index contributed by atoms with van der Waals surface area (Å²) in [5.41, 5.74) is 2.60. The summed E-state index contributed by atoms with van der Waals surface area (Å²) in [5.74, 6) is 0.634. The van der Waals surface area contributed by atoms with Crippen LogP contribution in [0.1, 0.15) is 0 Å². The Morgan fingerprint density at radius 1 is 1.38 bits per heavy atom. The number of hydrogen-bond acceptors (Lipinski definition) is 4. The third-order valence-electron chi connectivity index (χ3n) is 1.46. The summed E-state index contributed by atoms with van der Waals surface area (Å²) >= 11 is 0. The molecule has 6 heteroatoms. The van der Waals surface area contributed by atoms with Crippen LogP contribution in [0.5, 0.6) is 0 Å². The van der Waals surface area contributed by atoms with Crippen LogP contribution in [0.15, 0.2) is 35.6 Å². The van der Waals surface area contributed by atoms with Crippen molar-refractivity contribution < 1.29 is 0 Å². The Bertz CT molecular complexity index is 432. The zero-order valence-corrected chi connectivity index (χ0v) is 6.64. The Balaban J connectivity index is 2.29. The molecular formula is C7H7N5O. The fourth-order valence-corrected chi connectivity index (χ4v) is 0.881. The predicted octanol–water partition coefficient (Wildman–Crippen LogP) is -0.158. The highest BCUT2D eigenvalue weighted by atomic mass is 16.1. The zero-order valence-electron chi connectivity index (χ0n) is 6.64. The lowest BCUT2D eigenvalue weighted by Gasteiger charge is -2.03. The van der Waals surface area contributed by atoms with Crippen LogP contribution in [-0.4, -0.2) is 19.9 Å². The number of nitrogens with zero attached hydrogens (tertiary/aromatic N) is 3. The molecule has 0 unspecified atom stereocenters. The first-order valence-electron chi connectivity index (χ1n) is 3.65. The lowest BCUT2D eigenvalue weighted by molar-refractivity contribution is 0.847. The van der Waals surface area contributed by atoms with Crippen molar-refractivity contribution >= 4 is 5.82 Å². The van der Waals surface area contributed by atoms with E-state index in [0.29, 0.717) is 5.82 Å². The van der Waals surface area contributed by atoms with Gasteiger partial charge >= 0.3 is 0 Å². The first-order chi connectivity index (χ1) is 6.36. The summed E-state index contributed by atoms with van der Waals surface area (Å²) < 4.78 is 1.26. The number of nitrogens with one attached hydrogen (secondary N) is 2. The molecule has 0 spiro atoms. The maximum absolute atomic E-state index is 11.2. The van der Waals surface area contributed by atoms with E-state index in [1.807, 2.05) is 0 Å². The Kier molecular flexibility index (Phi) is 1.79. The van der Waals surface area contributed by atoms with Crippen molar-refractivity contribution in [2.45, 2.75) is 0 Å². The number of H-pyrrole nitrogens is 1. The molecule has 0 fully saturated rings. The molecule has 66 valence electrons. The van der Waals surface area contributed by atoms with E-state index < -0.39 is 0 Å². The Morgan fingerprint density at radius 2 is 2.31 bits per heavy atom. The molecule has 0 aliphatic rings. The monoisotopic (exact) mass is 177 g/mol. The second-order valence-electron chi connectivity index (χ2n) is 2.37. The predicted molar refractivity (Wildman–Crippen MR) is 46.1 cm³/mol. The van der Waals surface area contributed by atoms with E-state index in [4.69, 9.17) is 0 Å². The molecule has 2 aromatic rings. The highest BCUT2D eigenvalue weighted by molar-refractivity contribution is 5.30. The molecule has 6 nitrogen and oxygen atoms in total. The van der Waals surface area contributed by atoms with E-state index >= 15 is 0 Å². The lowest BCUT2D eigenvalue weighted by atomic mass is 10.6. The standard InChI is InChI=1S/C7H7N5O/c13-7-2-3-8-5-12(7)11-6-1-4-9-10-6/h1-5H,(H2,9,10,11). The smallest absolute Gasteiger partial charge is 0.272 e. The van der Waals surface area contributed by atoms with Crippen LogP contribution >= 0.6 is 0 Å². The average Bonchev–Trinajstić information content (AvgIpc) is 2.61. The summed E-state index contributed by atoms with van der Waals surface area (Å²) in [4.78, 5) is 15.0. The fraction of sp³-hybridized carbons (Fsp3) is 0. The molecule has 2 rings (SSSR count). The van der Waals surface area contributed by atoms with E-state index in [0.717, 1.165) is 0 Å². The number of anilines is 1. The van der Waals surface area contributed by atoms with Gasteiger partial charge in [0.2, 0.25) is 0 Å². The van der Waals surface area contributed by atoms with Gasteiger partial charge in [0.1, 0.15) is 12.1 Å². The van der Waals surface area contributed by atoms with E-state index in [2.05, 4.69) is 20.6 Å². The molecule has 0 atom stereocenters. The van der Waals surface area contributed by atoms with Crippen molar-refractivity contribution in [3.05, 3.63) is 41.2 Å². The maximum Gasteiger partial charge on any atom is 0.272 e. The number of hydrogen-bond donors (Lipinski definition) is 2. The average molecular weight is 177 g/mol. The normalized spacial score (nSPS) is 9.85. The first-order valence-corrected chi connectivity index (χ1v) is 3.65. The van der Waals surface area contributed by atoms with Gasteiger partial charge in [0.05, 0.1) is 6.20 Å². The number of rotatable bonds is 2. The molecule has 0 saturated heterocycles. The summed E-state index contributed by atoms with van der Waals surface area (Å²) in [5, 5.41) is 6.39. The topological polar surface area (TPSA) is 75.6 Å². The van der Waals surface area contributed by atoms with Crippen molar-refractivity contribution in [2.24, 2.45) is 0 Å². The van der Waals surface area contributed by atoms with Crippen molar-refractivity contribution in [2.75, 3.05) is 5.43 Å². The second kappa shape index (κ2) is 3.10. The van der Waals surface area contributed by atoms with Crippen molar-refractivity contribution in [1.29, 1.82) is 0 Å². The van der Waals surface area contributed by atoms with Gasteiger partial charge in [-0.2, -0.15) is 5.10 Å². The second-order valence-corrected chi connectivity index (χ2v) is 2.37. The van der Waals surface area contributed by atoms with Crippen molar-refractivity contribution in [3.63, 3.8) is 0 Å². The van der Waals surface area contributed by atoms with Crippen LogP contribution in [0, 0.1) is 0 Å². The van der Waals surface area contributed by atoms with E-state index in [9.17, 15) is 4.79 Å². The lowest BCUT2D eigenvalue weighted by Crippen LogP contribution is -2.25. The van der Waals surface area contributed by atoms with Crippen LogP contribution in [0.2, 0.25) is 0 Å². The van der Waals surface area contributed by atoms with Crippen molar-refractivity contribution in [3.8, 4) is 0 Å². The largest absolute Gasteiger partial charge is 0.274 e. The van der Waals surface area contributed by atoms with Gasteiger partial charge in [-0.15, -0.1) is 0 Å². The highest BCUT2D eigenvalue weighted by Crippen LogP contribution is 1.96. The van der Waals surface area contributed by atoms with Crippen LogP contribution in [0.25, 0.3) is 0 Å². The summed E-state index contributed by atoms with van der Waals surface area (Å²) in [6.07, 6.45) is 4.42. The van der Waals surface area contributed by atoms with Gasteiger partial charge in [-0.05, 0) is 0 Å². The molecule has 2 N–H and O–H groups in total. The molecule has 13 heavy (non-hydrogen) atoms. The number of aromatic amines is 1. The van der Waals surface area contributed by atoms with E-state index in [-0.39, 0.29) is 5.56 Å². The summed E-state index contributed by atoms with van der Waals surface area (Å²) in [6, 6.07) is 3.07. The molecule has 0 radical (unpaired) electrons. The highest BCUT2D eigenvalue weighted by Gasteiger charge is 1.94. The minimum Gasteiger partial charge on any atom is -0.274 e. The van der Waals surface area contributed by atoms with E-state index in [1.54, 1.807) is 12.3 Å². The van der Waals surface area contributed by atoms with Crippen LogP contribution in [0.3, 0.4) is 0 Å². The fourth-order valence-electron chi connectivity index (χ4n) is 0.881. The molecular weight excluding hydrogens is 170 g/mol. The quantitative estimate of drug-likeness (QED) is 0.668. The molecule has 0 saturated carbocycles. The Labute approximate surface area is 73.2 Å². The Hall–Kier alpha value is -2.11. The van der Waals surface area contributed by atoms with Gasteiger partial charge < -0.3 is 0 Å². The van der Waals surface area contributed by atoms with Gasteiger partial charge in [0, 0.05) is 18.3 Å². The molecule has 0 aromatic carbocycles. The zero-order chi connectivity index (χ0) is 9.10. The van der Waals surface area contributed by atoms with Gasteiger partial charge in [0.25, 0.3) is 5.56 Å². The SMILES string of the molecule is O=c1ccncn1Nc1ccn[nH]1. The van der Waals surface area contributed by atoms with Crippen molar-refractivity contribution in [1.82, 2.24) is 19.9 Å². The van der Waals surface area contributed by atoms with Gasteiger partial charge in [-0.1, -0.05) is 0 Å². The molecule has 0 aliphatic heterocycles.